The predicted molar refractivity (Wildman–Crippen MR) is 56.5 cm³/mol. The molecule has 94 valence electrons. The highest BCUT2D eigenvalue weighted by Gasteiger charge is 2.29. The number of aromatic amines is 1. The minimum Gasteiger partial charge on any atom is -0.358 e. The van der Waals surface area contributed by atoms with Crippen molar-refractivity contribution in [3.05, 3.63) is 27.9 Å². The van der Waals surface area contributed by atoms with Crippen LogP contribution in [0.2, 0.25) is 0 Å². The normalized spacial score (nSPS) is 15.4. The Labute approximate surface area is 99.9 Å². The van der Waals surface area contributed by atoms with Crippen molar-refractivity contribution in [3.63, 3.8) is 0 Å². The summed E-state index contributed by atoms with van der Waals surface area (Å²) in [6.45, 7) is -0.505. The number of nitro groups is 1. The van der Waals surface area contributed by atoms with E-state index in [4.69, 9.17) is 0 Å². The van der Waals surface area contributed by atoms with Gasteiger partial charge in [0.05, 0.1) is 0 Å². The van der Waals surface area contributed by atoms with Crippen molar-refractivity contribution in [2.45, 2.75) is 0 Å². The summed E-state index contributed by atoms with van der Waals surface area (Å²) in [5, 5.41) is 12.5. The number of nitrogens with one attached hydrogen (secondary N) is 2. The molecule has 0 aliphatic carbocycles. The monoisotopic (exact) mass is 252 g/mol. The summed E-state index contributed by atoms with van der Waals surface area (Å²) >= 11 is 0. The van der Waals surface area contributed by atoms with Gasteiger partial charge in [0.1, 0.15) is 13.1 Å². The lowest BCUT2D eigenvalue weighted by atomic mass is 10.3. The first-order valence-electron chi connectivity index (χ1n) is 4.92. The van der Waals surface area contributed by atoms with Gasteiger partial charge in [-0.2, -0.15) is 0 Å². The van der Waals surface area contributed by atoms with Crippen LogP contribution in [0.4, 0.5) is 5.82 Å². The Kier molecular flexibility index (Phi) is 2.80. The first-order chi connectivity index (χ1) is 8.47. The fourth-order valence-corrected chi connectivity index (χ4v) is 1.57. The maximum atomic E-state index is 11.9. The first kappa shape index (κ1) is 11.8. The molecule has 9 heteroatoms. The van der Waals surface area contributed by atoms with Crippen LogP contribution in [-0.2, 0) is 9.59 Å². The number of hydrogen-bond acceptors (Lipinski definition) is 5. The topological polar surface area (TPSA) is 125 Å². The Morgan fingerprint density at radius 1 is 1.28 bits per heavy atom. The van der Waals surface area contributed by atoms with Crippen molar-refractivity contribution >= 4 is 23.5 Å². The van der Waals surface area contributed by atoms with Gasteiger partial charge in [-0.05, 0) is 11.0 Å². The summed E-state index contributed by atoms with van der Waals surface area (Å²) < 4.78 is 0. The summed E-state index contributed by atoms with van der Waals surface area (Å²) in [6, 6.07) is 2.37. The Hall–Kier alpha value is -2.71. The number of nitrogens with zero attached hydrogens (tertiary/aromatic N) is 2. The summed E-state index contributed by atoms with van der Waals surface area (Å²) in [7, 11) is 0. The van der Waals surface area contributed by atoms with E-state index in [-0.39, 0.29) is 24.6 Å². The van der Waals surface area contributed by atoms with Gasteiger partial charge in [-0.1, -0.05) is 0 Å². The van der Waals surface area contributed by atoms with Crippen LogP contribution in [0.15, 0.2) is 12.1 Å². The Balaban J connectivity index is 2.17. The number of amides is 3. The van der Waals surface area contributed by atoms with Crippen molar-refractivity contribution in [2.24, 2.45) is 0 Å². The molecule has 3 amide bonds. The number of hydrogen-bond donors (Lipinski definition) is 2. The molecule has 2 rings (SSSR count). The van der Waals surface area contributed by atoms with Crippen LogP contribution in [0.1, 0.15) is 10.5 Å². The van der Waals surface area contributed by atoms with Gasteiger partial charge in [-0.15, -0.1) is 0 Å². The van der Waals surface area contributed by atoms with Crippen molar-refractivity contribution in [1.29, 1.82) is 0 Å². The van der Waals surface area contributed by atoms with Crippen molar-refractivity contribution in [1.82, 2.24) is 15.2 Å². The van der Waals surface area contributed by atoms with Crippen molar-refractivity contribution in [2.75, 3.05) is 13.1 Å². The molecule has 1 aromatic heterocycles. The summed E-state index contributed by atoms with van der Waals surface area (Å²) in [5.41, 5.74) is -0.0378. The number of piperazine rings is 1. The fourth-order valence-electron chi connectivity index (χ4n) is 1.57. The molecule has 18 heavy (non-hydrogen) atoms. The van der Waals surface area contributed by atoms with Gasteiger partial charge in [0.15, 0.2) is 5.69 Å². The molecule has 0 aromatic carbocycles. The zero-order valence-electron chi connectivity index (χ0n) is 9.00. The number of imide groups is 1. The molecular weight excluding hydrogens is 244 g/mol. The second kappa shape index (κ2) is 4.28. The predicted octanol–water partition coefficient (Wildman–Crippen LogP) is -0.978. The van der Waals surface area contributed by atoms with E-state index in [1.165, 1.54) is 6.07 Å². The van der Waals surface area contributed by atoms with Crippen LogP contribution < -0.4 is 5.32 Å². The molecule has 1 aromatic rings. The lowest BCUT2D eigenvalue weighted by Crippen LogP contribution is -2.53. The van der Waals surface area contributed by atoms with Crippen LogP contribution in [0.3, 0.4) is 0 Å². The summed E-state index contributed by atoms with van der Waals surface area (Å²) in [4.78, 5) is 47.1. The van der Waals surface area contributed by atoms with Gasteiger partial charge in [0.25, 0.3) is 5.91 Å². The van der Waals surface area contributed by atoms with Crippen LogP contribution in [-0.4, -0.2) is 45.6 Å². The zero-order chi connectivity index (χ0) is 13.3. The van der Waals surface area contributed by atoms with E-state index in [1.54, 1.807) is 0 Å². The fraction of sp³-hybridized carbons (Fsp3) is 0.222. The van der Waals surface area contributed by atoms with Gasteiger partial charge >= 0.3 is 5.82 Å². The molecule has 2 heterocycles. The van der Waals surface area contributed by atoms with E-state index in [0.29, 0.717) is 0 Å². The molecule has 0 unspecified atom stereocenters. The standard InChI is InChI=1S/C9H8N4O5/c14-7-3-12(4-8(15)11-7)9(16)5-1-2-6(10-5)13(17)18/h1-2,10H,3-4H2,(H,11,14,15). The van der Waals surface area contributed by atoms with E-state index in [2.05, 4.69) is 4.98 Å². The molecular formula is C9H8N4O5. The lowest BCUT2D eigenvalue weighted by Gasteiger charge is -2.24. The minimum absolute atomic E-state index is 0.0378. The number of aromatic nitrogens is 1. The quantitative estimate of drug-likeness (QED) is 0.397. The maximum absolute atomic E-state index is 11.9. The van der Waals surface area contributed by atoms with E-state index < -0.39 is 22.6 Å². The van der Waals surface area contributed by atoms with E-state index in [9.17, 15) is 24.5 Å². The third-order valence-electron chi connectivity index (χ3n) is 2.33. The number of rotatable bonds is 2. The smallest absolute Gasteiger partial charge is 0.321 e. The van der Waals surface area contributed by atoms with E-state index >= 15 is 0 Å². The highest BCUT2D eigenvalue weighted by atomic mass is 16.6. The molecule has 0 atom stereocenters. The Morgan fingerprint density at radius 3 is 2.39 bits per heavy atom. The number of carbonyl (C=O) groups excluding carboxylic acids is 3. The molecule has 1 aliphatic rings. The summed E-state index contributed by atoms with van der Waals surface area (Å²) in [6.07, 6.45) is 0. The molecule has 0 bridgehead atoms. The van der Waals surface area contributed by atoms with Gasteiger partial charge in [-0.3, -0.25) is 19.7 Å². The highest BCUT2D eigenvalue weighted by Crippen LogP contribution is 2.12. The first-order valence-corrected chi connectivity index (χ1v) is 4.92. The average molecular weight is 252 g/mol. The third kappa shape index (κ3) is 2.19. The van der Waals surface area contributed by atoms with Crippen LogP contribution in [0.25, 0.3) is 0 Å². The van der Waals surface area contributed by atoms with E-state index in [1.807, 2.05) is 5.32 Å². The van der Waals surface area contributed by atoms with Crippen molar-refractivity contribution < 1.29 is 19.3 Å². The van der Waals surface area contributed by atoms with Gasteiger partial charge in [-0.25, -0.2) is 4.98 Å². The van der Waals surface area contributed by atoms with Crippen LogP contribution >= 0.6 is 0 Å². The Morgan fingerprint density at radius 2 is 1.89 bits per heavy atom. The molecule has 0 saturated carbocycles. The SMILES string of the molecule is O=C1CN(C(=O)c2ccc([N+](=O)[O-])[nH]2)CC(=O)N1. The molecule has 1 saturated heterocycles. The number of carbonyl (C=O) groups is 3. The minimum atomic E-state index is -0.676. The third-order valence-corrected chi connectivity index (χ3v) is 2.33. The maximum Gasteiger partial charge on any atom is 0.321 e. The van der Waals surface area contributed by atoms with Gasteiger partial charge in [0.2, 0.25) is 11.8 Å². The van der Waals surface area contributed by atoms with Crippen molar-refractivity contribution in [3.8, 4) is 0 Å². The van der Waals surface area contributed by atoms with Gasteiger partial charge in [0, 0.05) is 6.07 Å². The molecule has 2 N–H and O–H groups in total. The largest absolute Gasteiger partial charge is 0.358 e. The lowest BCUT2D eigenvalue weighted by molar-refractivity contribution is -0.389. The Bertz CT molecular complexity index is 533. The second-order valence-electron chi connectivity index (χ2n) is 3.65. The molecule has 1 aliphatic heterocycles. The average Bonchev–Trinajstić information content (AvgIpc) is 2.75. The number of H-pyrrole nitrogens is 1. The van der Waals surface area contributed by atoms with Gasteiger partial charge < -0.3 is 15.0 Å². The molecule has 1 fully saturated rings. The second-order valence-corrected chi connectivity index (χ2v) is 3.65. The highest BCUT2D eigenvalue weighted by molar-refractivity contribution is 6.05. The summed E-state index contributed by atoms with van der Waals surface area (Å²) in [5.74, 6) is -2.13. The van der Waals surface area contributed by atoms with Crippen LogP contribution in [0, 0.1) is 10.1 Å². The molecule has 0 spiro atoms. The van der Waals surface area contributed by atoms with E-state index in [0.717, 1.165) is 11.0 Å². The molecule has 0 radical (unpaired) electrons. The molecule has 9 nitrogen and oxygen atoms in total. The van der Waals surface area contributed by atoms with Crippen LogP contribution in [0.5, 0.6) is 0 Å². The zero-order valence-corrected chi connectivity index (χ0v) is 9.00.